The second kappa shape index (κ2) is 14.6. The van der Waals surface area contributed by atoms with Crippen molar-refractivity contribution in [3.8, 4) is 0 Å². The van der Waals surface area contributed by atoms with E-state index in [1.54, 1.807) is 0 Å². The molecule has 10 nitrogen and oxygen atoms in total. The van der Waals surface area contributed by atoms with Crippen molar-refractivity contribution in [3.05, 3.63) is 82.5 Å². The Balaban J connectivity index is 1.29. The van der Waals surface area contributed by atoms with Crippen LogP contribution >= 0.6 is 0 Å². The lowest BCUT2D eigenvalue weighted by Gasteiger charge is -2.39. The first-order chi connectivity index (χ1) is 20.6. The molecule has 3 atom stereocenters. The van der Waals surface area contributed by atoms with Crippen LogP contribution in [0, 0.1) is 5.92 Å². The molecule has 1 fully saturated rings. The Labute approximate surface area is 245 Å². The van der Waals surface area contributed by atoms with Gasteiger partial charge in [-0.15, -0.1) is 0 Å². The maximum Gasteiger partial charge on any atom is 0.326 e. The van der Waals surface area contributed by atoms with Gasteiger partial charge in [-0.05, 0) is 50.0 Å². The summed E-state index contributed by atoms with van der Waals surface area (Å²) in [5.74, 6) is 0.00875. The van der Waals surface area contributed by atoms with Crippen LogP contribution in [0.2, 0.25) is 0 Å². The smallest absolute Gasteiger partial charge is 0.326 e. The van der Waals surface area contributed by atoms with Crippen molar-refractivity contribution in [2.75, 3.05) is 52.7 Å². The van der Waals surface area contributed by atoms with Gasteiger partial charge in [0.25, 0.3) is 5.91 Å². The van der Waals surface area contributed by atoms with E-state index in [0.717, 1.165) is 16.6 Å². The van der Waals surface area contributed by atoms with E-state index in [0.29, 0.717) is 71.1 Å². The number of ether oxygens (including phenoxy) is 4. The zero-order valence-corrected chi connectivity index (χ0v) is 24.2. The molecule has 2 N–H and O–H groups in total. The van der Waals surface area contributed by atoms with Crippen molar-refractivity contribution in [2.45, 2.75) is 44.4 Å². The minimum absolute atomic E-state index is 0.0102. The molecule has 2 aromatic carbocycles. The number of rotatable bonds is 13. The van der Waals surface area contributed by atoms with Crippen LogP contribution < -0.4 is 5.69 Å². The summed E-state index contributed by atoms with van der Waals surface area (Å²) in [6.07, 6.45) is 3.38. The molecule has 0 bridgehead atoms. The highest BCUT2D eigenvalue weighted by atomic mass is 16.7. The van der Waals surface area contributed by atoms with Crippen LogP contribution in [0.15, 0.2) is 71.2 Å². The van der Waals surface area contributed by atoms with Crippen molar-refractivity contribution >= 4 is 16.9 Å². The normalized spacial score (nSPS) is 21.3. The first-order valence-corrected chi connectivity index (χ1v) is 14.9. The number of piperidine rings is 1. The number of carbonyl (C=O) groups excluding carboxylic acids is 1. The quantitative estimate of drug-likeness (QED) is 0.298. The minimum atomic E-state index is -0.597. The number of aliphatic hydroxyl groups is 1. The summed E-state index contributed by atoms with van der Waals surface area (Å²) in [4.78, 5) is 31.3. The monoisotopic (exact) mass is 579 g/mol. The van der Waals surface area contributed by atoms with Gasteiger partial charge in [-0.3, -0.25) is 9.36 Å². The summed E-state index contributed by atoms with van der Waals surface area (Å²) < 4.78 is 25.2. The van der Waals surface area contributed by atoms with Gasteiger partial charge in [-0.2, -0.15) is 0 Å². The molecule has 2 aliphatic rings. The van der Waals surface area contributed by atoms with Crippen molar-refractivity contribution in [1.82, 2.24) is 14.5 Å². The maximum absolute atomic E-state index is 13.8. The van der Waals surface area contributed by atoms with Gasteiger partial charge >= 0.3 is 5.69 Å². The van der Waals surface area contributed by atoms with Gasteiger partial charge in [-0.1, -0.05) is 42.5 Å². The van der Waals surface area contributed by atoms with Crippen molar-refractivity contribution in [1.29, 1.82) is 0 Å². The van der Waals surface area contributed by atoms with Gasteiger partial charge < -0.3 is 33.9 Å². The zero-order chi connectivity index (χ0) is 29.3. The third-order valence-electron chi connectivity index (χ3n) is 8.06. The van der Waals surface area contributed by atoms with Gasteiger partial charge in [0.1, 0.15) is 0 Å². The molecule has 0 saturated carbocycles. The number of aromatic amines is 1. The van der Waals surface area contributed by atoms with Gasteiger partial charge in [-0.25, -0.2) is 4.79 Å². The van der Waals surface area contributed by atoms with Gasteiger partial charge in [0.2, 0.25) is 6.29 Å². The summed E-state index contributed by atoms with van der Waals surface area (Å²) in [5.41, 5.74) is 2.69. The Bertz CT molecular complexity index is 1380. The van der Waals surface area contributed by atoms with E-state index in [9.17, 15) is 9.59 Å². The summed E-state index contributed by atoms with van der Waals surface area (Å²) in [7, 11) is 0. The number of carbonyl (C=O) groups is 1. The number of allylic oxidation sites excluding steroid dienone is 1. The van der Waals surface area contributed by atoms with Crippen molar-refractivity contribution < 1.29 is 28.8 Å². The molecular weight excluding hydrogens is 538 g/mol. The van der Waals surface area contributed by atoms with E-state index in [1.807, 2.05) is 64.9 Å². The molecular formula is C32H41N3O7. The van der Waals surface area contributed by atoms with E-state index in [2.05, 4.69) is 17.1 Å². The summed E-state index contributed by atoms with van der Waals surface area (Å²) in [6.45, 7) is 5.05. The van der Waals surface area contributed by atoms with Crippen LogP contribution in [0.25, 0.3) is 11.0 Å². The molecule has 3 aromatic rings. The fraction of sp³-hybridized carbons (Fsp3) is 0.500. The number of hydrogen-bond acceptors (Lipinski definition) is 7. The van der Waals surface area contributed by atoms with Gasteiger partial charge in [0, 0.05) is 44.2 Å². The molecule has 2 aliphatic heterocycles. The highest BCUT2D eigenvalue weighted by molar-refractivity contribution is 5.92. The molecule has 10 heteroatoms. The molecule has 42 heavy (non-hydrogen) atoms. The molecule has 0 aliphatic carbocycles. The fourth-order valence-electron chi connectivity index (χ4n) is 6.01. The summed E-state index contributed by atoms with van der Waals surface area (Å²) in [5, 5.41) is 8.86. The average Bonchev–Trinajstić information content (AvgIpc) is 3.36. The molecule has 1 aromatic heterocycles. The standard InChI is InChI=1S/C32H41N3O7/c1-2-41-31-25(14-18-39-20-21-40-19-17-36)26(23-8-4-3-5-9-23)22-29(42-31)30(37)34-15-12-24(13-16-34)35-28-11-7-6-10-27(28)33-32(35)38/h3-11,22,24-26,31,36H,2,12-21H2,1H3,(H,33,38)/t25-,26-,31-/m0/s1. The Morgan fingerprint density at radius 3 is 2.45 bits per heavy atom. The number of imidazole rings is 1. The molecule has 226 valence electrons. The number of fused-ring (bicyclic) bond motifs is 1. The topological polar surface area (TPSA) is 115 Å². The molecule has 5 rings (SSSR count). The number of para-hydroxylation sites is 2. The highest BCUT2D eigenvalue weighted by Gasteiger charge is 2.39. The molecule has 0 unspecified atom stereocenters. The van der Waals surface area contributed by atoms with E-state index in [4.69, 9.17) is 24.1 Å². The lowest BCUT2D eigenvalue weighted by molar-refractivity contribution is -0.172. The number of likely N-dealkylation sites (tertiary alicyclic amines) is 1. The Kier molecular flexibility index (Phi) is 10.5. The largest absolute Gasteiger partial charge is 0.459 e. The van der Waals surface area contributed by atoms with Crippen LogP contribution in [0.4, 0.5) is 0 Å². The van der Waals surface area contributed by atoms with Gasteiger partial charge in [0.05, 0.1) is 37.5 Å². The lowest BCUT2D eigenvalue weighted by atomic mass is 9.81. The summed E-state index contributed by atoms with van der Waals surface area (Å²) in [6, 6.07) is 17.8. The Morgan fingerprint density at radius 2 is 1.71 bits per heavy atom. The van der Waals surface area contributed by atoms with Crippen LogP contribution in [-0.2, 0) is 23.7 Å². The molecule has 0 radical (unpaired) electrons. The molecule has 3 heterocycles. The van der Waals surface area contributed by atoms with E-state index in [1.165, 1.54) is 0 Å². The number of benzene rings is 2. The fourth-order valence-corrected chi connectivity index (χ4v) is 6.01. The van der Waals surface area contributed by atoms with Crippen LogP contribution in [0.3, 0.4) is 0 Å². The SMILES string of the molecule is CCO[C@H]1OC(C(=O)N2CCC(n3c(=O)[nH]c4ccccc43)CC2)=C[C@@H](c2ccccc2)[C@@H]1CCOCCOCCO. The Morgan fingerprint density at radius 1 is 1.00 bits per heavy atom. The minimum Gasteiger partial charge on any atom is -0.459 e. The van der Waals surface area contributed by atoms with Crippen molar-refractivity contribution in [3.63, 3.8) is 0 Å². The maximum atomic E-state index is 13.8. The predicted molar refractivity (Wildman–Crippen MR) is 158 cm³/mol. The second-order valence-electron chi connectivity index (χ2n) is 10.7. The second-order valence-corrected chi connectivity index (χ2v) is 10.7. The van der Waals surface area contributed by atoms with Crippen LogP contribution in [0.1, 0.15) is 43.7 Å². The number of aliphatic hydroxyl groups excluding tert-OH is 1. The molecule has 1 amide bonds. The van der Waals surface area contributed by atoms with Crippen LogP contribution in [-0.4, -0.2) is 84.5 Å². The number of nitrogens with zero attached hydrogens (tertiary/aromatic N) is 2. The van der Waals surface area contributed by atoms with Crippen molar-refractivity contribution in [2.24, 2.45) is 5.92 Å². The number of aromatic nitrogens is 2. The molecule has 0 spiro atoms. The predicted octanol–water partition coefficient (Wildman–Crippen LogP) is 3.59. The number of amides is 1. The first kappa shape index (κ1) is 30.0. The third-order valence-corrected chi connectivity index (χ3v) is 8.06. The molecule has 1 saturated heterocycles. The first-order valence-electron chi connectivity index (χ1n) is 14.9. The highest BCUT2D eigenvalue weighted by Crippen LogP contribution is 2.39. The van der Waals surface area contributed by atoms with Gasteiger partial charge in [0.15, 0.2) is 5.76 Å². The van der Waals surface area contributed by atoms with E-state index < -0.39 is 6.29 Å². The number of nitrogens with one attached hydrogen (secondary N) is 1. The zero-order valence-electron chi connectivity index (χ0n) is 24.2. The van der Waals surface area contributed by atoms with E-state index in [-0.39, 0.29) is 36.1 Å². The Hall–Kier alpha value is -3.44. The lowest BCUT2D eigenvalue weighted by Crippen LogP contribution is -2.44. The number of H-pyrrole nitrogens is 1. The third kappa shape index (κ3) is 6.95. The number of hydrogen-bond donors (Lipinski definition) is 2. The van der Waals surface area contributed by atoms with E-state index >= 15 is 0 Å². The average molecular weight is 580 g/mol. The van der Waals surface area contributed by atoms with Crippen LogP contribution in [0.5, 0.6) is 0 Å². The summed E-state index contributed by atoms with van der Waals surface area (Å²) >= 11 is 0.